The third-order valence-electron chi connectivity index (χ3n) is 4.01. The Balaban J connectivity index is 1.97. The summed E-state index contributed by atoms with van der Waals surface area (Å²) in [6.45, 7) is 7.48. The van der Waals surface area contributed by atoms with Gasteiger partial charge in [-0.3, -0.25) is 4.90 Å². The normalized spacial score (nSPS) is 24.9. The van der Waals surface area contributed by atoms with Gasteiger partial charge in [0.2, 0.25) is 0 Å². The number of rotatable bonds is 6. The molecule has 0 heterocycles. The molecule has 0 spiro atoms. The lowest BCUT2D eigenvalue weighted by Crippen LogP contribution is -2.38. The molecule has 94 valence electrons. The highest BCUT2D eigenvalue weighted by molar-refractivity contribution is 5.14. The van der Waals surface area contributed by atoms with E-state index in [-0.39, 0.29) is 0 Å². The highest BCUT2D eigenvalue weighted by atomic mass is 15.2. The number of hydrogen-bond acceptors (Lipinski definition) is 2. The van der Waals surface area contributed by atoms with Crippen LogP contribution in [0.2, 0.25) is 0 Å². The highest BCUT2D eigenvalue weighted by Gasteiger charge is 2.39. The van der Waals surface area contributed by atoms with E-state index in [2.05, 4.69) is 49.1 Å². The lowest BCUT2D eigenvalue weighted by Gasteiger charge is -2.29. The van der Waals surface area contributed by atoms with Gasteiger partial charge in [-0.2, -0.15) is 0 Å². The van der Waals surface area contributed by atoms with Gasteiger partial charge in [0.25, 0.3) is 0 Å². The molecule has 0 amide bonds. The van der Waals surface area contributed by atoms with Gasteiger partial charge in [-0.1, -0.05) is 37.3 Å². The Bertz CT molecular complexity index is 336. The largest absolute Gasteiger partial charge is 0.329 e. The van der Waals surface area contributed by atoms with E-state index in [4.69, 9.17) is 5.73 Å². The van der Waals surface area contributed by atoms with Crippen LogP contribution in [-0.2, 0) is 6.54 Å². The average molecular weight is 232 g/mol. The summed E-state index contributed by atoms with van der Waals surface area (Å²) in [5, 5.41) is 0. The second-order valence-electron chi connectivity index (χ2n) is 5.36. The van der Waals surface area contributed by atoms with Crippen LogP contribution in [0, 0.1) is 11.8 Å². The molecule has 1 saturated carbocycles. The Morgan fingerprint density at radius 3 is 2.53 bits per heavy atom. The van der Waals surface area contributed by atoms with Crippen molar-refractivity contribution in [1.29, 1.82) is 0 Å². The van der Waals surface area contributed by atoms with E-state index >= 15 is 0 Å². The number of benzene rings is 1. The summed E-state index contributed by atoms with van der Waals surface area (Å²) in [4.78, 5) is 2.53. The molecule has 1 aromatic rings. The van der Waals surface area contributed by atoms with Crippen molar-refractivity contribution in [3.8, 4) is 0 Å². The van der Waals surface area contributed by atoms with Gasteiger partial charge in [-0.05, 0) is 30.7 Å². The van der Waals surface area contributed by atoms with Crippen molar-refractivity contribution in [3.63, 3.8) is 0 Å². The van der Waals surface area contributed by atoms with Crippen LogP contribution in [0.1, 0.15) is 25.8 Å². The summed E-state index contributed by atoms with van der Waals surface area (Å²) in [7, 11) is 0. The Morgan fingerprint density at radius 2 is 2.00 bits per heavy atom. The number of hydrogen-bond donors (Lipinski definition) is 1. The monoisotopic (exact) mass is 232 g/mol. The van der Waals surface area contributed by atoms with Crippen molar-refractivity contribution in [2.24, 2.45) is 17.6 Å². The third kappa shape index (κ3) is 3.30. The summed E-state index contributed by atoms with van der Waals surface area (Å²) >= 11 is 0. The van der Waals surface area contributed by atoms with Crippen molar-refractivity contribution < 1.29 is 0 Å². The second kappa shape index (κ2) is 5.65. The van der Waals surface area contributed by atoms with Gasteiger partial charge in [-0.15, -0.1) is 0 Å². The van der Waals surface area contributed by atoms with Crippen LogP contribution >= 0.6 is 0 Å². The molecule has 1 aliphatic carbocycles. The van der Waals surface area contributed by atoms with Crippen LogP contribution in [-0.4, -0.2) is 24.0 Å². The van der Waals surface area contributed by atoms with Crippen LogP contribution < -0.4 is 5.73 Å². The molecule has 17 heavy (non-hydrogen) atoms. The standard InChI is InChI=1S/C15H24N2/c1-12-10-15(12)13(2)17(9-8-16)11-14-6-4-3-5-7-14/h3-7,12-13,15H,8-11,16H2,1-2H3. The van der Waals surface area contributed by atoms with Crippen molar-refractivity contribution in [1.82, 2.24) is 4.90 Å². The molecule has 2 N–H and O–H groups in total. The van der Waals surface area contributed by atoms with Crippen LogP contribution in [0.25, 0.3) is 0 Å². The number of nitrogens with two attached hydrogens (primary N) is 1. The van der Waals surface area contributed by atoms with Gasteiger partial charge in [0, 0.05) is 25.7 Å². The predicted octanol–water partition coefficient (Wildman–Crippen LogP) is 2.49. The molecule has 0 aliphatic heterocycles. The number of nitrogens with zero attached hydrogens (tertiary/aromatic N) is 1. The molecule has 2 rings (SSSR count). The van der Waals surface area contributed by atoms with Crippen LogP contribution in [0.3, 0.4) is 0 Å². The summed E-state index contributed by atoms with van der Waals surface area (Å²) in [5.41, 5.74) is 7.12. The lowest BCUT2D eigenvalue weighted by atomic mass is 10.1. The molecule has 3 unspecified atom stereocenters. The first kappa shape index (κ1) is 12.6. The first-order valence-corrected chi connectivity index (χ1v) is 6.70. The van der Waals surface area contributed by atoms with E-state index < -0.39 is 0 Å². The minimum absolute atomic E-state index is 0.661. The van der Waals surface area contributed by atoms with Gasteiger partial charge < -0.3 is 5.73 Å². The Kier molecular flexibility index (Phi) is 4.19. The third-order valence-corrected chi connectivity index (χ3v) is 4.01. The SMILES string of the molecule is CC1CC1C(C)N(CCN)Cc1ccccc1. The van der Waals surface area contributed by atoms with E-state index in [0.29, 0.717) is 6.04 Å². The van der Waals surface area contributed by atoms with E-state index in [1.807, 2.05) is 0 Å². The fourth-order valence-corrected chi connectivity index (χ4v) is 2.70. The predicted molar refractivity (Wildman–Crippen MR) is 72.6 cm³/mol. The molecule has 2 heteroatoms. The molecule has 1 fully saturated rings. The molecule has 3 atom stereocenters. The van der Waals surface area contributed by atoms with Gasteiger partial charge in [0.05, 0.1) is 0 Å². The quantitative estimate of drug-likeness (QED) is 0.816. The highest BCUT2D eigenvalue weighted by Crippen LogP contribution is 2.42. The summed E-state index contributed by atoms with van der Waals surface area (Å²) in [6, 6.07) is 11.4. The topological polar surface area (TPSA) is 29.3 Å². The maximum Gasteiger partial charge on any atom is 0.0237 e. The lowest BCUT2D eigenvalue weighted by molar-refractivity contribution is 0.182. The zero-order valence-corrected chi connectivity index (χ0v) is 11.0. The summed E-state index contributed by atoms with van der Waals surface area (Å²) in [6.07, 6.45) is 1.39. The molecule has 1 aliphatic rings. The van der Waals surface area contributed by atoms with Crippen molar-refractivity contribution in [2.75, 3.05) is 13.1 Å². The second-order valence-corrected chi connectivity index (χ2v) is 5.36. The maximum absolute atomic E-state index is 5.73. The Hall–Kier alpha value is -0.860. The molecule has 0 aromatic heterocycles. The van der Waals surface area contributed by atoms with Gasteiger partial charge in [0.15, 0.2) is 0 Å². The molecule has 0 bridgehead atoms. The van der Waals surface area contributed by atoms with E-state index in [9.17, 15) is 0 Å². The molecule has 0 saturated heterocycles. The molecule has 2 nitrogen and oxygen atoms in total. The molecular weight excluding hydrogens is 208 g/mol. The van der Waals surface area contributed by atoms with Gasteiger partial charge >= 0.3 is 0 Å². The van der Waals surface area contributed by atoms with E-state index in [1.165, 1.54) is 12.0 Å². The van der Waals surface area contributed by atoms with Crippen molar-refractivity contribution >= 4 is 0 Å². The molecular formula is C15H24N2. The summed E-state index contributed by atoms with van der Waals surface area (Å²) in [5.74, 6) is 1.78. The Morgan fingerprint density at radius 1 is 1.35 bits per heavy atom. The Labute approximate surface area is 105 Å². The zero-order chi connectivity index (χ0) is 12.3. The minimum Gasteiger partial charge on any atom is -0.329 e. The molecule has 1 aromatic carbocycles. The fraction of sp³-hybridized carbons (Fsp3) is 0.600. The van der Waals surface area contributed by atoms with Gasteiger partial charge in [0.1, 0.15) is 0 Å². The van der Waals surface area contributed by atoms with E-state index in [1.54, 1.807) is 0 Å². The minimum atomic E-state index is 0.661. The van der Waals surface area contributed by atoms with Crippen LogP contribution in [0.4, 0.5) is 0 Å². The van der Waals surface area contributed by atoms with Crippen LogP contribution in [0.15, 0.2) is 30.3 Å². The average Bonchev–Trinajstić information content (AvgIpc) is 3.06. The van der Waals surface area contributed by atoms with Crippen molar-refractivity contribution in [3.05, 3.63) is 35.9 Å². The first-order valence-electron chi connectivity index (χ1n) is 6.70. The van der Waals surface area contributed by atoms with Crippen LogP contribution in [0.5, 0.6) is 0 Å². The van der Waals surface area contributed by atoms with Gasteiger partial charge in [-0.25, -0.2) is 0 Å². The zero-order valence-electron chi connectivity index (χ0n) is 11.0. The molecule has 0 radical (unpaired) electrons. The summed E-state index contributed by atoms with van der Waals surface area (Å²) < 4.78 is 0. The van der Waals surface area contributed by atoms with Crippen molar-refractivity contribution in [2.45, 2.75) is 32.9 Å². The maximum atomic E-state index is 5.73. The fourth-order valence-electron chi connectivity index (χ4n) is 2.70. The first-order chi connectivity index (χ1) is 8.22. The smallest absolute Gasteiger partial charge is 0.0237 e. The van der Waals surface area contributed by atoms with E-state index in [0.717, 1.165) is 31.5 Å².